The quantitative estimate of drug-likeness (QED) is 0.251. The molecule has 0 fully saturated rings. The molecule has 0 heterocycles. The van der Waals surface area contributed by atoms with Gasteiger partial charge in [-0.15, -0.1) is 0 Å². The second-order valence-corrected chi connectivity index (χ2v) is 5.04. The molecule has 0 aliphatic heterocycles. The second kappa shape index (κ2) is 7.14. The molecule has 0 saturated carbocycles. The fourth-order valence-electron chi connectivity index (χ4n) is 2.23. The number of hydrogen-bond donors (Lipinski definition) is 0. The molecule has 2 aromatic rings. The summed E-state index contributed by atoms with van der Waals surface area (Å²) in [6, 6.07) is 5.10. The Morgan fingerprint density at radius 2 is 1.26 bits per heavy atom. The summed E-state index contributed by atoms with van der Waals surface area (Å²) in [5, 5.41) is 0. The van der Waals surface area contributed by atoms with Gasteiger partial charge < -0.3 is 9.47 Å². The summed E-state index contributed by atoms with van der Waals surface area (Å²) in [7, 11) is 0.459. The lowest BCUT2D eigenvalue weighted by Gasteiger charge is -2.32. The summed E-state index contributed by atoms with van der Waals surface area (Å²) in [6.45, 7) is 0. The topological polar surface area (TPSA) is 35.5 Å². The van der Waals surface area contributed by atoms with Gasteiger partial charge in [-0.25, -0.2) is 18.0 Å². The maximum absolute atomic E-state index is 13.6. The molecule has 0 aliphatic carbocycles. The third-order valence-corrected chi connectivity index (χ3v) is 3.54. The van der Waals surface area contributed by atoms with Crippen LogP contribution in [0.15, 0.2) is 30.3 Å². The third kappa shape index (κ3) is 3.22. The number of rotatable bonds is 4. The minimum absolute atomic E-state index is 0.459. The first-order valence-electron chi connectivity index (χ1n) is 6.90. The van der Waals surface area contributed by atoms with Crippen molar-refractivity contribution in [3.8, 4) is 5.75 Å². The molecule has 0 radical (unpaired) electrons. The lowest BCUT2D eigenvalue weighted by atomic mass is 9.92. The molecule has 0 saturated heterocycles. The summed E-state index contributed by atoms with van der Waals surface area (Å²) in [5.74, 6) is -17.4. The van der Waals surface area contributed by atoms with Crippen molar-refractivity contribution in [3.63, 3.8) is 0 Å². The average Bonchev–Trinajstić information content (AvgIpc) is 2.62. The van der Waals surface area contributed by atoms with Crippen LogP contribution in [-0.4, -0.2) is 19.3 Å². The first kappa shape index (κ1) is 20.6. The van der Waals surface area contributed by atoms with E-state index in [4.69, 9.17) is 0 Å². The van der Waals surface area contributed by atoms with Gasteiger partial charge in [0.25, 0.3) is 5.60 Å². The third-order valence-electron chi connectivity index (χ3n) is 3.54. The van der Waals surface area contributed by atoms with E-state index in [0.29, 0.717) is 7.11 Å². The van der Waals surface area contributed by atoms with E-state index in [1.54, 1.807) is 0 Å². The molecule has 0 aliphatic rings. The number of carbonyl (C=O) groups is 1. The van der Waals surface area contributed by atoms with E-state index in [9.17, 15) is 39.9 Å². The highest BCUT2D eigenvalue weighted by Gasteiger charge is 2.64. The van der Waals surface area contributed by atoms with E-state index in [2.05, 4.69) is 9.47 Å². The number of halogens is 8. The number of benzene rings is 2. The van der Waals surface area contributed by atoms with Gasteiger partial charge in [0.15, 0.2) is 0 Å². The smallest absolute Gasteiger partial charge is 0.417 e. The predicted octanol–water partition coefficient (Wildman–Crippen LogP) is 4.39. The summed E-state index contributed by atoms with van der Waals surface area (Å²) >= 11 is 0. The van der Waals surface area contributed by atoms with Gasteiger partial charge in [-0.2, -0.15) is 22.0 Å². The normalized spacial score (nSPS) is 14.0. The fourth-order valence-corrected chi connectivity index (χ4v) is 2.23. The van der Waals surface area contributed by atoms with Crippen molar-refractivity contribution < 1.29 is 49.4 Å². The van der Waals surface area contributed by atoms with Crippen molar-refractivity contribution in [2.24, 2.45) is 0 Å². The van der Waals surface area contributed by atoms with Crippen molar-refractivity contribution in [2.45, 2.75) is 11.8 Å². The molecule has 11 heteroatoms. The van der Waals surface area contributed by atoms with Crippen molar-refractivity contribution in [3.05, 3.63) is 65.0 Å². The number of alkyl halides is 3. The first-order chi connectivity index (χ1) is 12.5. The molecule has 0 unspecified atom stereocenters. The van der Waals surface area contributed by atoms with Crippen LogP contribution < -0.4 is 4.74 Å². The number of esters is 1. The zero-order valence-electron chi connectivity index (χ0n) is 13.1. The highest BCUT2D eigenvalue weighted by molar-refractivity contribution is 5.84. The van der Waals surface area contributed by atoms with Crippen LogP contribution in [0.2, 0.25) is 0 Å². The van der Waals surface area contributed by atoms with Crippen molar-refractivity contribution >= 4 is 5.97 Å². The van der Waals surface area contributed by atoms with E-state index in [1.807, 2.05) is 0 Å². The zero-order valence-corrected chi connectivity index (χ0v) is 13.1. The predicted molar refractivity (Wildman–Crippen MR) is 73.1 cm³/mol. The molecular formula is C16H8F8O3. The van der Waals surface area contributed by atoms with Gasteiger partial charge >= 0.3 is 12.1 Å². The largest absolute Gasteiger partial charge is 0.432 e. The van der Waals surface area contributed by atoms with Gasteiger partial charge in [0.1, 0.15) is 0 Å². The highest BCUT2D eigenvalue weighted by atomic mass is 19.4. The number of ether oxygens (including phenoxy) is 2. The lowest BCUT2D eigenvalue weighted by Crippen LogP contribution is -2.53. The Kier molecular flexibility index (Phi) is 5.45. The molecule has 146 valence electrons. The van der Waals surface area contributed by atoms with Crippen molar-refractivity contribution in [1.29, 1.82) is 0 Å². The molecule has 0 amide bonds. The Balaban J connectivity index is 2.64. The maximum Gasteiger partial charge on any atom is 0.432 e. The molecule has 27 heavy (non-hydrogen) atoms. The molecule has 0 bridgehead atoms. The Morgan fingerprint density at radius 1 is 0.815 bits per heavy atom. The van der Waals surface area contributed by atoms with Gasteiger partial charge in [-0.1, -0.05) is 30.3 Å². The number of methoxy groups -OCH3 is 1. The zero-order chi connectivity index (χ0) is 20.6. The lowest BCUT2D eigenvalue weighted by molar-refractivity contribution is -0.272. The van der Waals surface area contributed by atoms with Gasteiger partial charge in [0.05, 0.1) is 0 Å². The van der Waals surface area contributed by atoms with Crippen LogP contribution in [0.3, 0.4) is 0 Å². The van der Waals surface area contributed by atoms with Gasteiger partial charge in [0, 0.05) is 12.7 Å². The standard InChI is InChI=1S/C16H8F8O3/c1-26-15(16(22,23)24,7-5-3-2-4-6-7)14(25)27-13-11(20)9(18)8(17)10(19)12(13)21/h2-6H,1H3/t15-/m1/s1. The molecule has 3 nitrogen and oxygen atoms in total. The fraction of sp³-hybridized carbons (Fsp3) is 0.188. The van der Waals surface area contributed by atoms with Crippen LogP contribution >= 0.6 is 0 Å². The maximum atomic E-state index is 13.6. The van der Waals surface area contributed by atoms with Crippen molar-refractivity contribution in [2.75, 3.05) is 7.11 Å². The average molecular weight is 400 g/mol. The van der Waals surface area contributed by atoms with Crippen LogP contribution in [0.25, 0.3) is 0 Å². The molecule has 1 atom stereocenters. The Morgan fingerprint density at radius 3 is 1.67 bits per heavy atom. The monoisotopic (exact) mass is 400 g/mol. The van der Waals surface area contributed by atoms with E-state index >= 15 is 0 Å². The SMILES string of the molecule is CO[C@@](C(=O)Oc1c(F)c(F)c(F)c(F)c1F)(c1ccccc1)C(F)(F)F. The van der Waals surface area contributed by atoms with Gasteiger partial charge in [-0.05, 0) is 0 Å². The van der Waals surface area contributed by atoms with Crippen LogP contribution in [-0.2, 0) is 15.1 Å². The second-order valence-electron chi connectivity index (χ2n) is 5.04. The number of carbonyl (C=O) groups excluding carboxylic acids is 1. The van der Waals surface area contributed by atoms with Crippen LogP contribution in [0, 0.1) is 29.1 Å². The van der Waals surface area contributed by atoms with Crippen LogP contribution in [0.5, 0.6) is 5.75 Å². The van der Waals surface area contributed by atoms with Gasteiger partial charge in [-0.3, -0.25) is 0 Å². The molecule has 2 rings (SSSR count). The van der Waals surface area contributed by atoms with E-state index in [1.165, 1.54) is 6.07 Å². The summed E-state index contributed by atoms with van der Waals surface area (Å²) in [4.78, 5) is 12.2. The Bertz CT molecular complexity index is 837. The summed E-state index contributed by atoms with van der Waals surface area (Å²) < 4.78 is 116. The molecule has 2 aromatic carbocycles. The number of hydrogen-bond acceptors (Lipinski definition) is 3. The summed E-state index contributed by atoms with van der Waals surface area (Å²) in [6.07, 6.45) is -5.51. The van der Waals surface area contributed by atoms with E-state index in [0.717, 1.165) is 24.3 Å². The Labute approximate surface area is 146 Å². The molecule has 0 spiro atoms. The Hall–Kier alpha value is -2.69. The van der Waals surface area contributed by atoms with Crippen LogP contribution in [0.4, 0.5) is 35.1 Å². The summed E-state index contributed by atoms with van der Waals surface area (Å²) in [5.41, 5.74) is -4.72. The minimum atomic E-state index is -5.51. The molecule has 0 aromatic heterocycles. The molecule has 0 N–H and O–H groups in total. The first-order valence-corrected chi connectivity index (χ1v) is 6.90. The highest BCUT2D eigenvalue weighted by Crippen LogP contribution is 2.43. The molecular weight excluding hydrogens is 392 g/mol. The van der Waals surface area contributed by atoms with E-state index < -0.39 is 58.1 Å². The van der Waals surface area contributed by atoms with Gasteiger partial charge in [0.2, 0.25) is 34.8 Å². The minimum Gasteiger partial charge on any atom is -0.417 e. The van der Waals surface area contributed by atoms with Crippen LogP contribution in [0.1, 0.15) is 5.56 Å². The van der Waals surface area contributed by atoms with E-state index in [-0.39, 0.29) is 0 Å². The van der Waals surface area contributed by atoms with Crippen molar-refractivity contribution in [1.82, 2.24) is 0 Å².